The number of rotatable bonds is 0. The van der Waals surface area contributed by atoms with Crippen LogP contribution in [0.3, 0.4) is 0 Å². The Hall–Kier alpha value is -1.31. The van der Waals surface area contributed by atoms with E-state index in [-0.39, 0.29) is 5.91 Å². The van der Waals surface area contributed by atoms with Crippen molar-refractivity contribution in [2.45, 2.75) is 20.3 Å². The van der Waals surface area contributed by atoms with Crippen LogP contribution in [0.15, 0.2) is 12.1 Å². The van der Waals surface area contributed by atoms with E-state index in [4.69, 9.17) is 0 Å². The van der Waals surface area contributed by atoms with Crippen molar-refractivity contribution in [1.82, 2.24) is 0 Å². The number of nitrogens with zero attached hydrogens (tertiary/aromatic N) is 1. The zero-order valence-corrected chi connectivity index (χ0v) is 8.22. The van der Waals surface area contributed by atoms with Crippen molar-refractivity contribution < 1.29 is 4.79 Å². The van der Waals surface area contributed by atoms with E-state index in [1.165, 1.54) is 16.7 Å². The molecule has 2 nitrogen and oxygen atoms in total. The fraction of sp³-hybridized carbons (Fsp3) is 0.364. The van der Waals surface area contributed by atoms with Gasteiger partial charge in [-0.05, 0) is 36.6 Å². The molecule has 1 aromatic rings. The van der Waals surface area contributed by atoms with Crippen LogP contribution < -0.4 is 4.90 Å². The van der Waals surface area contributed by atoms with Crippen LogP contribution in [-0.4, -0.2) is 13.0 Å². The van der Waals surface area contributed by atoms with Crippen LogP contribution >= 0.6 is 0 Å². The van der Waals surface area contributed by atoms with E-state index in [1.807, 2.05) is 13.1 Å². The monoisotopic (exact) mass is 175 g/mol. The molecular weight excluding hydrogens is 162 g/mol. The molecular formula is C11H13NO. The predicted molar refractivity (Wildman–Crippen MR) is 53.0 cm³/mol. The standard InChI is InChI=1S/C11H13NO/c1-7-4-5-10-9(8(7)2)6-11(13)12(10)3/h4-5H,6H2,1-3H3. The number of hydrogen-bond donors (Lipinski definition) is 0. The van der Waals surface area contributed by atoms with Crippen molar-refractivity contribution in [2.75, 3.05) is 11.9 Å². The highest BCUT2D eigenvalue weighted by Crippen LogP contribution is 2.31. The average Bonchev–Trinajstić information content (AvgIpc) is 2.38. The van der Waals surface area contributed by atoms with Crippen LogP contribution in [0.4, 0.5) is 5.69 Å². The highest BCUT2D eigenvalue weighted by molar-refractivity contribution is 6.01. The Labute approximate surface area is 78.2 Å². The molecule has 1 amide bonds. The number of fused-ring (bicyclic) bond motifs is 1. The first-order chi connectivity index (χ1) is 6.11. The normalized spacial score (nSPS) is 15.0. The molecule has 2 heteroatoms. The number of hydrogen-bond acceptors (Lipinski definition) is 1. The van der Waals surface area contributed by atoms with Crippen molar-refractivity contribution in [3.05, 3.63) is 28.8 Å². The van der Waals surface area contributed by atoms with Gasteiger partial charge in [0.25, 0.3) is 0 Å². The Morgan fingerprint density at radius 1 is 1.31 bits per heavy atom. The second kappa shape index (κ2) is 2.59. The molecule has 0 spiro atoms. The molecule has 0 unspecified atom stereocenters. The lowest BCUT2D eigenvalue weighted by Gasteiger charge is -2.11. The maximum absolute atomic E-state index is 11.4. The second-order valence-corrected chi connectivity index (χ2v) is 3.63. The third-order valence-electron chi connectivity index (χ3n) is 2.91. The molecule has 13 heavy (non-hydrogen) atoms. The Bertz CT molecular complexity index is 382. The van der Waals surface area contributed by atoms with Crippen LogP contribution in [0.1, 0.15) is 16.7 Å². The average molecular weight is 175 g/mol. The van der Waals surface area contributed by atoms with Crippen LogP contribution in [0.2, 0.25) is 0 Å². The van der Waals surface area contributed by atoms with Crippen molar-refractivity contribution in [2.24, 2.45) is 0 Å². The van der Waals surface area contributed by atoms with Gasteiger partial charge in [-0.2, -0.15) is 0 Å². The summed E-state index contributed by atoms with van der Waals surface area (Å²) in [5.41, 5.74) is 4.80. The summed E-state index contributed by atoms with van der Waals surface area (Å²) in [6.07, 6.45) is 0.569. The molecule has 0 aromatic heterocycles. The topological polar surface area (TPSA) is 20.3 Å². The molecule has 68 valence electrons. The Morgan fingerprint density at radius 3 is 2.69 bits per heavy atom. The molecule has 0 fully saturated rings. The smallest absolute Gasteiger partial charge is 0.231 e. The van der Waals surface area contributed by atoms with Crippen molar-refractivity contribution >= 4 is 11.6 Å². The summed E-state index contributed by atoms with van der Waals surface area (Å²) in [5.74, 6) is 0.198. The molecule has 2 rings (SSSR count). The Balaban J connectivity index is 2.64. The number of anilines is 1. The van der Waals surface area contributed by atoms with Gasteiger partial charge in [-0.25, -0.2) is 0 Å². The Kier molecular flexibility index (Phi) is 1.65. The summed E-state index contributed by atoms with van der Waals surface area (Å²) >= 11 is 0. The van der Waals surface area contributed by atoms with E-state index < -0.39 is 0 Å². The number of aryl methyl sites for hydroxylation is 1. The highest BCUT2D eigenvalue weighted by atomic mass is 16.2. The van der Waals surface area contributed by atoms with Crippen LogP contribution in [0.25, 0.3) is 0 Å². The van der Waals surface area contributed by atoms with Crippen LogP contribution in [0.5, 0.6) is 0 Å². The lowest BCUT2D eigenvalue weighted by Crippen LogP contribution is -2.20. The van der Waals surface area contributed by atoms with Crippen molar-refractivity contribution in [1.29, 1.82) is 0 Å². The summed E-state index contributed by atoms with van der Waals surface area (Å²) < 4.78 is 0. The van der Waals surface area contributed by atoms with Gasteiger partial charge < -0.3 is 4.90 Å². The van der Waals surface area contributed by atoms with E-state index in [0.29, 0.717) is 6.42 Å². The minimum atomic E-state index is 0.198. The lowest BCUT2D eigenvalue weighted by atomic mass is 10.0. The Morgan fingerprint density at radius 2 is 2.00 bits per heavy atom. The molecule has 0 bridgehead atoms. The van der Waals surface area contributed by atoms with Gasteiger partial charge in [-0.3, -0.25) is 4.79 Å². The maximum Gasteiger partial charge on any atom is 0.231 e. The van der Waals surface area contributed by atoms with E-state index in [2.05, 4.69) is 19.9 Å². The predicted octanol–water partition coefficient (Wildman–Crippen LogP) is 1.82. The van der Waals surface area contributed by atoms with Crippen LogP contribution in [-0.2, 0) is 11.2 Å². The molecule has 0 N–H and O–H groups in total. The molecule has 1 aliphatic heterocycles. The number of benzene rings is 1. The first-order valence-corrected chi connectivity index (χ1v) is 4.47. The van der Waals surface area contributed by atoms with Crippen LogP contribution in [0, 0.1) is 13.8 Å². The molecule has 0 atom stereocenters. The zero-order chi connectivity index (χ0) is 9.59. The number of carbonyl (C=O) groups is 1. The van der Waals surface area contributed by atoms with E-state index in [0.717, 1.165) is 5.69 Å². The highest BCUT2D eigenvalue weighted by Gasteiger charge is 2.25. The number of likely N-dealkylation sites (N-methyl/N-ethyl adjacent to an activating group) is 1. The number of carbonyl (C=O) groups excluding carboxylic acids is 1. The van der Waals surface area contributed by atoms with E-state index in [1.54, 1.807) is 4.90 Å². The molecule has 1 heterocycles. The quantitative estimate of drug-likeness (QED) is 0.589. The SMILES string of the molecule is Cc1ccc2c(c1C)CC(=O)N2C. The zero-order valence-electron chi connectivity index (χ0n) is 8.22. The van der Waals surface area contributed by atoms with E-state index in [9.17, 15) is 4.79 Å². The molecule has 1 aromatic carbocycles. The summed E-state index contributed by atoms with van der Waals surface area (Å²) in [6.45, 7) is 4.17. The summed E-state index contributed by atoms with van der Waals surface area (Å²) in [5, 5.41) is 0. The first kappa shape index (κ1) is 8.30. The lowest BCUT2D eigenvalue weighted by molar-refractivity contribution is -0.117. The van der Waals surface area contributed by atoms with Gasteiger partial charge in [-0.15, -0.1) is 0 Å². The fourth-order valence-electron chi connectivity index (χ4n) is 1.80. The largest absolute Gasteiger partial charge is 0.315 e. The summed E-state index contributed by atoms with van der Waals surface area (Å²) in [7, 11) is 1.84. The molecule has 0 radical (unpaired) electrons. The summed E-state index contributed by atoms with van der Waals surface area (Å²) in [4.78, 5) is 13.2. The van der Waals surface area contributed by atoms with Gasteiger partial charge in [0, 0.05) is 12.7 Å². The van der Waals surface area contributed by atoms with Gasteiger partial charge in [0.05, 0.1) is 6.42 Å². The molecule has 0 saturated heterocycles. The van der Waals surface area contributed by atoms with Gasteiger partial charge >= 0.3 is 0 Å². The summed E-state index contributed by atoms with van der Waals surface area (Å²) in [6, 6.07) is 4.10. The first-order valence-electron chi connectivity index (χ1n) is 4.47. The van der Waals surface area contributed by atoms with Gasteiger partial charge in [0.2, 0.25) is 5.91 Å². The minimum absolute atomic E-state index is 0.198. The third-order valence-corrected chi connectivity index (χ3v) is 2.91. The maximum atomic E-state index is 11.4. The molecule has 1 aliphatic rings. The van der Waals surface area contributed by atoms with Gasteiger partial charge in [-0.1, -0.05) is 6.07 Å². The van der Waals surface area contributed by atoms with Crippen molar-refractivity contribution in [3.63, 3.8) is 0 Å². The second-order valence-electron chi connectivity index (χ2n) is 3.63. The minimum Gasteiger partial charge on any atom is -0.315 e. The molecule has 0 aliphatic carbocycles. The third kappa shape index (κ3) is 1.05. The van der Waals surface area contributed by atoms with E-state index >= 15 is 0 Å². The number of amides is 1. The van der Waals surface area contributed by atoms with Gasteiger partial charge in [0.15, 0.2) is 0 Å². The molecule has 0 saturated carbocycles. The fourth-order valence-corrected chi connectivity index (χ4v) is 1.80. The van der Waals surface area contributed by atoms with Gasteiger partial charge in [0.1, 0.15) is 0 Å². The van der Waals surface area contributed by atoms with Crippen molar-refractivity contribution in [3.8, 4) is 0 Å².